The molecule has 1 rings (SSSR count). The van der Waals surface area contributed by atoms with Gasteiger partial charge in [0.15, 0.2) is 0 Å². The van der Waals surface area contributed by atoms with Crippen LogP contribution >= 0.6 is 0 Å². The molecule has 4 nitrogen and oxygen atoms in total. The first-order valence-electron chi connectivity index (χ1n) is 4.39. The van der Waals surface area contributed by atoms with Crippen LogP contribution in [0, 0.1) is 0 Å². The van der Waals surface area contributed by atoms with Crippen LogP contribution in [0.4, 0.5) is 5.69 Å². The van der Waals surface area contributed by atoms with E-state index in [0.717, 1.165) is 18.8 Å². The van der Waals surface area contributed by atoms with Crippen molar-refractivity contribution < 1.29 is 5.11 Å². The molecule has 0 aliphatic heterocycles. The molecule has 0 aliphatic rings. The van der Waals surface area contributed by atoms with Crippen LogP contribution < -0.4 is 10.6 Å². The predicted octanol–water partition coefficient (Wildman–Crippen LogP) is 0.0754. The summed E-state index contributed by atoms with van der Waals surface area (Å²) in [5, 5.41) is 14.8. The van der Waals surface area contributed by atoms with Gasteiger partial charge in [0.05, 0.1) is 6.61 Å². The quantitative estimate of drug-likeness (QED) is 0.544. The number of anilines is 1. The van der Waals surface area contributed by atoms with Gasteiger partial charge in [0.2, 0.25) is 0 Å². The molecular weight excluding hydrogens is 166 g/mol. The summed E-state index contributed by atoms with van der Waals surface area (Å²) in [4.78, 5) is 3.91. The third-order valence-corrected chi connectivity index (χ3v) is 1.60. The fourth-order valence-electron chi connectivity index (χ4n) is 0.969. The number of nitrogens with zero attached hydrogens (tertiary/aromatic N) is 1. The van der Waals surface area contributed by atoms with Crippen LogP contribution in [0.15, 0.2) is 24.5 Å². The largest absolute Gasteiger partial charge is 0.395 e. The van der Waals surface area contributed by atoms with Crippen LogP contribution in [-0.2, 0) is 0 Å². The number of aliphatic hydroxyl groups excluding tert-OH is 1. The summed E-state index contributed by atoms with van der Waals surface area (Å²) in [6, 6.07) is 3.85. The van der Waals surface area contributed by atoms with E-state index in [1.54, 1.807) is 12.4 Å². The van der Waals surface area contributed by atoms with Gasteiger partial charge in [-0.2, -0.15) is 0 Å². The van der Waals surface area contributed by atoms with E-state index >= 15 is 0 Å². The Bertz CT molecular complexity index is 215. The van der Waals surface area contributed by atoms with Gasteiger partial charge in [-0.3, -0.25) is 4.98 Å². The number of rotatable bonds is 6. The number of aromatic nitrogens is 1. The van der Waals surface area contributed by atoms with Gasteiger partial charge in [-0.05, 0) is 12.1 Å². The topological polar surface area (TPSA) is 57.2 Å². The smallest absolute Gasteiger partial charge is 0.0555 e. The Morgan fingerprint density at radius 3 is 2.62 bits per heavy atom. The van der Waals surface area contributed by atoms with E-state index in [0.29, 0.717) is 6.54 Å². The van der Waals surface area contributed by atoms with Crippen molar-refractivity contribution in [2.75, 3.05) is 31.6 Å². The van der Waals surface area contributed by atoms with Crippen LogP contribution in [0.2, 0.25) is 0 Å². The molecule has 0 aliphatic carbocycles. The lowest BCUT2D eigenvalue weighted by molar-refractivity contribution is 0.293. The molecule has 0 radical (unpaired) electrons. The molecule has 0 fully saturated rings. The molecule has 1 aromatic rings. The Morgan fingerprint density at radius 2 is 1.92 bits per heavy atom. The number of nitrogens with one attached hydrogen (secondary N) is 2. The summed E-state index contributed by atoms with van der Waals surface area (Å²) in [5.41, 5.74) is 1.07. The predicted molar refractivity (Wildman–Crippen MR) is 52.7 cm³/mol. The van der Waals surface area contributed by atoms with Crippen molar-refractivity contribution in [1.29, 1.82) is 0 Å². The summed E-state index contributed by atoms with van der Waals surface area (Å²) in [6.07, 6.45) is 3.51. The lowest BCUT2D eigenvalue weighted by atomic mass is 10.4. The molecule has 0 bridgehead atoms. The molecule has 0 amide bonds. The lowest BCUT2D eigenvalue weighted by Gasteiger charge is -2.05. The highest BCUT2D eigenvalue weighted by atomic mass is 16.3. The van der Waals surface area contributed by atoms with Crippen molar-refractivity contribution >= 4 is 5.69 Å². The number of hydrogen-bond acceptors (Lipinski definition) is 4. The van der Waals surface area contributed by atoms with Crippen LogP contribution in [0.25, 0.3) is 0 Å². The van der Waals surface area contributed by atoms with Gasteiger partial charge in [-0.25, -0.2) is 0 Å². The van der Waals surface area contributed by atoms with Crippen molar-refractivity contribution in [2.45, 2.75) is 0 Å². The van der Waals surface area contributed by atoms with Gasteiger partial charge in [-0.1, -0.05) is 0 Å². The first kappa shape index (κ1) is 9.95. The van der Waals surface area contributed by atoms with E-state index in [1.807, 2.05) is 12.1 Å². The number of hydrogen-bond donors (Lipinski definition) is 3. The van der Waals surface area contributed by atoms with E-state index in [-0.39, 0.29) is 6.61 Å². The zero-order valence-corrected chi connectivity index (χ0v) is 7.53. The minimum atomic E-state index is 0.190. The molecule has 3 N–H and O–H groups in total. The molecule has 0 unspecified atom stereocenters. The molecule has 0 saturated heterocycles. The fourth-order valence-corrected chi connectivity index (χ4v) is 0.969. The van der Waals surface area contributed by atoms with Gasteiger partial charge in [0, 0.05) is 37.7 Å². The molecular formula is C9H15N3O. The van der Waals surface area contributed by atoms with Crippen LogP contribution in [0.1, 0.15) is 0 Å². The zero-order chi connectivity index (χ0) is 9.36. The Morgan fingerprint density at radius 1 is 1.15 bits per heavy atom. The lowest BCUT2D eigenvalue weighted by Crippen LogP contribution is -2.24. The molecule has 0 aromatic carbocycles. The minimum Gasteiger partial charge on any atom is -0.395 e. The van der Waals surface area contributed by atoms with E-state index in [2.05, 4.69) is 15.6 Å². The van der Waals surface area contributed by atoms with Crippen LogP contribution in [-0.4, -0.2) is 36.3 Å². The van der Waals surface area contributed by atoms with Crippen LogP contribution in [0.3, 0.4) is 0 Å². The fraction of sp³-hybridized carbons (Fsp3) is 0.444. The highest BCUT2D eigenvalue weighted by Gasteiger charge is 1.88. The average Bonchev–Trinajstić information content (AvgIpc) is 2.19. The Kier molecular flexibility index (Phi) is 4.90. The monoisotopic (exact) mass is 181 g/mol. The van der Waals surface area contributed by atoms with Gasteiger partial charge in [0.25, 0.3) is 0 Å². The normalized spacial score (nSPS) is 9.92. The van der Waals surface area contributed by atoms with Gasteiger partial charge in [0.1, 0.15) is 0 Å². The highest BCUT2D eigenvalue weighted by Crippen LogP contribution is 2.01. The summed E-state index contributed by atoms with van der Waals surface area (Å²) < 4.78 is 0. The minimum absolute atomic E-state index is 0.190. The Labute approximate surface area is 78.0 Å². The van der Waals surface area contributed by atoms with E-state index < -0.39 is 0 Å². The summed E-state index contributed by atoms with van der Waals surface area (Å²) in [7, 11) is 0. The number of pyridine rings is 1. The maximum Gasteiger partial charge on any atom is 0.0555 e. The van der Waals surface area contributed by atoms with Crippen LogP contribution in [0.5, 0.6) is 0 Å². The standard InChI is InChI=1S/C9H15N3O/c13-8-7-11-5-6-12-9-1-3-10-4-2-9/h1-4,11,13H,5-8H2,(H,10,12). The molecule has 1 heterocycles. The first-order chi connectivity index (χ1) is 6.43. The Balaban J connectivity index is 2.07. The summed E-state index contributed by atoms with van der Waals surface area (Å²) >= 11 is 0. The maximum atomic E-state index is 8.49. The molecule has 0 saturated carbocycles. The van der Waals surface area contributed by atoms with Gasteiger partial charge < -0.3 is 15.7 Å². The second-order valence-corrected chi connectivity index (χ2v) is 2.64. The number of aliphatic hydroxyl groups is 1. The molecule has 0 atom stereocenters. The summed E-state index contributed by atoms with van der Waals surface area (Å²) in [5.74, 6) is 0. The van der Waals surface area contributed by atoms with Crippen molar-refractivity contribution in [1.82, 2.24) is 10.3 Å². The Hall–Kier alpha value is -1.13. The van der Waals surface area contributed by atoms with E-state index in [4.69, 9.17) is 5.11 Å². The van der Waals surface area contributed by atoms with Crippen molar-refractivity contribution in [2.24, 2.45) is 0 Å². The molecule has 72 valence electrons. The second-order valence-electron chi connectivity index (χ2n) is 2.64. The SMILES string of the molecule is OCCNCCNc1ccncc1. The molecule has 13 heavy (non-hydrogen) atoms. The van der Waals surface area contributed by atoms with Crippen molar-refractivity contribution in [3.63, 3.8) is 0 Å². The third kappa shape index (κ3) is 4.45. The maximum absolute atomic E-state index is 8.49. The molecule has 1 aromatic heterocycles. The average molecular weight is 181 g/mol. The zero-order valence-electron chi connectivity index (χ0n) is 7.53. The first-order valence-corrected chi connectivity index (χ1v) is 4.39. The van der Waals surface area contributed by atoms with Gasteiger partial charge >= 0.3 is 0 Å². The molecule has 4 heteroatoms. The molecule has 0 spiro atoms. The summed E-state index contributed by atoms with van der Waals surface area (Å²) in [6.45, 7) is 2.54. The van der Waals surface area contributed by atoms with E-state index in [1.165, 1.54) is 0 Å². The van der Waals surface area contributed by atoms with Gasteiger partial charge in [-0.15, -0.1) is 0 Å². The second kappa shape index (κ2) is 6.39. The third-order valence-electron chi connectivity index (χ3n) is 1.60. The van der Waals surface area contributed by atoms with E-state index in [9.17, 15) is 0 Å². The highest BCUT2D eigenvalue weighted by molar-refractivity contribution is 5.40. The van der Waals surface area contributed by atoms with Crippen molar-refractivity contribution in [3.05, 3.63) is 24.5 Å². The van der Waals surface area contributed by atoms with Crippen molar-refractivity contribution in [3.8, 4) is 0 Å².